The van der Waals surface area contributed by atoms with E-state index in [1.54, 1.807) is 0 Å². The highest BCUT2D eigenvalue weighted by Gasteiger charge is 2.53. The van der Waals surface area contributed by atoms with Crippen molar-refractivity contribution in [3.63, 3.8) is 0 Å². The summed E-state index contributed by atoms with van der Waals surface area (Å²) in [5, 5.41) is 22.2. The van der Waals surface area contributed by atoms with Gasteiger partial charge in [0.05, 0.1) is 25.9 Å². The maximum atomic E-state index is 13.2. The lowest BCUT2D eigenvalue weighted by Crippen LogP contribution is -2.36. The molecule has 0 amide bonds. The predicted molar refractivity (Wildman–Crippen MR) is 145 cm³/mol. The third kappa shape index (κ3) is 5.47. The number of aliphatic hydroxyl groups excluding tert-OH is 2. The van der Waals surface area contributed by atoms with Gasteiger partial charge < -0.3 is 45.7 Å². The molecule has 0 saturated carbocycles. The minimum Gasteiger partial charge on any atom is -0.387 e. The number of hydrogen-bond donors (Lipinski definition) is 6. The minimum atomic E-state index is -5.04. The summed E-state index contributed by atoms with van der Waals surface area (Å²) in [4.78, 5) is 45.7. The Hall–Kier alpha value is -3.24. The molecule has 45 heavy (non-hydrogen) atoms. The van der Waals surface area contributed by atoms with Crippen LogP contribution in [-0.2, 0) is 36.9 Å². The molecule has 7 rings (SSSR count). The van der Waals surface area contributed by atoms with Crippen LogP contribution in [0.2, 0.25) is 0 Å². The van der Waals surface area contributed by atoms with E-state index in [4.69, 9.17) is 39.2 Å². The van der Waals surface area contributed by atoms with Gasteiger partial charge in [0.15, 0.2) is 35.4 Å². The van der Waals surface area contributed by atoms with Gasteiger partial charge in [-0.2, -0.15) is 0 Å². The van der Waals surface area contributed by atoms with Gasteiger partial charge in [-0.25, -0.2) is 34.5 Å². The van der Waals surface area contributed by atoms with Gasteiger partial charge in [0.1, 0.15) is 66.7 Å². The maximum absolute atomic E-state index is 13.2. The summed E-state index contributed by atoms with van der Waals surface area (Å²) < 4.78 is 62.2. The van der Waals surface area contributed by atoms with E-state index in [1.807, 2.05) is 0 Å². The van der Waals surface area contributed by atoms with Crippen molar-refractivity contribution in [2.75, 3.05) is 31.0 Å². The van der Waals surface area contributed by atoms with E-state index >= 15 is 0 Å². The molecule has 242 valence electrons. The molecule has 0 radical (unpaired) electrons. The molecular formula is C21H26N10O12P2. The summed E-state index contributed by atoms with van der Waals surface area (Å²) in [7, 11) is -9.69. The van der Waals surface area contributed by atoms with Gasteiger partial charge in [-0.05, 0) is 0 Å². The highest BCUT2D eigenvalue weighted by atomic mass is 31.2. The van der Waals surface area contributed by atoms with Crippen LogP contribution in [0.3, 0.4) is 0 Å². The lowest BCUT2D eigenvalue weighted by Gasteiger charge is -2.25. The molecule has 3 aliphatic rings. The Labute approximate surface area is 251 Å². The number of aliphatic hydroxyl groups is 2. The number of nitrogens with zero attached hydrogens (tertiary/aromatic N) is 8. The highest BCUT2D eigenvalue weighted by Crippen LogP contribution is 2.52. The monoisotopic (exact) mass is 672 g/mol. The van der Waals surface area contributed by atoms with Crippen LogP contribution < -0.4 is 11.5 Å². The standard InChI is InChI=1S/C21H26N10O12P2/c22-16-10-18(26-3-24-16)30(5-28-10)20-14-13(33)9(41-20)2-39-45(36,37)43-15-12(32)8(1-38-7-44(34,35)42-14)40-21(15)31-6-29-11-17(23)25-4-27-19(11)31/h3-6,8-9,12-15,20-21,32-33H,1-2,7H2,(H,34,35)(H,36,37)(H2,22,24,26)(H2,23,25,27)/t8-,9-,12?,13?,14+,15+,20-,21-/m1/s1. The first-order valence-corrected chi connectivity index (χ1v) is 16.4. The summed E-state index contributed by atoms with van der Waals surface area (Å²) >= 11 is 0. The molecule has 8 N–H and O–H groups in total. The van der Waals surface area contributed by atoms with Gasteiger partial charge in [0, 0.05) is 0 Å². The van der Waals surface area contributed by atoms with Crippen LogP contribution in [0.5, 0.6) is 0 Å². The molecule has 0 aliphatic carbocycles. The molecule has 4 aromatic heterocycles. The second-order valence-corrected chi connectivity index (χ2v) is 13.5. The number of ether oxygens (including phenoxy) is 3. The van der Waals surface area contributed by atoms with E-state index in [9.17, 15) is 29.1 Å². The van der Waals surface area contributed by atoms with Gasteiger partial charge in [-0.3, -0.25) is 27.3 Å². The predicted octanol–water partition coefficient (Wildman–Crippen LogP) is -1.59. The normalized spacial score (nSPS) is 38.0. The number of nitrogen functional groups attached to an aromatic ring is 2. The van der Waals surface area contributed by atoms with E-state index in [2.05, 4.69) is 29.9 Å². The third-order valence-corrected chi connectivity index (χ3v) is 9.49. The van der Waals surface area contributed by atoms with Gasteiger partial charge in [-0.15, -0.1) is 0 Å². The van der Waals surface area contributed by atoms with E-state index in [0.717, 1.165) is 12.7 Å². The minimum absolute atomic E-state index is 0.0423. The molecule has 10 atom stereocenters. The fourth-order valence-corrected chi connectivity index (χ4v) is 7.29. The molecule has 4 aromatic rings. The van der Waals surface area contributed by atoms with Crippen molar-refractivity contribution in [3.8, 4) is 0 Å². The van der Waals surface area contributed by atoms with Crippen LogP contribution >= 0.6 is 15.4 Å². The Morgan fingerprint density at radius 2 is 1.27 bits per heavy atom. The quantitative estimate of drug-likeness (QED) is 0.131. The molecule has 3 saturated heterocycles. The molecule has 24 heteroatoms. The Kier molecular flexibility index (Phi) is 7.59. The topological polar surface area (TPSA) is 310 Å². The van der Waals surface area contributed by atoms with Crippen molar-refractivity contribution < 1.29 is 56.9 Å². The van der Waals surface area contributed by atoms with Gasteiger partial charge in [0.2, 0.25) is 0 Å². The van der Waals surface area contributed by atoms with Crippen molar-refractivity contribution in [2.24, 2.45) is 0 Å². The molecule has 4 unspecified atom stereocenters. The first-order chi connectivity index (χ1) is 21.4. The summed E-state index contributed by atoms with van der Waals surface area (Å²) in [5.41, 5.74) is 12.4. The number of rotatable bonds is 2. The van der Waals surface area contributed by atoms with Crippen LogP contribution in [0.4, 0.5) is 11.6 Å². The zero-order chi connectivity index (χ0) is 31.7. The number of anilines is 2. The third-order valence-electron chi connectivity index (χ3n) is 7.43. The van der Waals surface area contributed by atoms with Crippen LogP contribution in [0.15, 0.2) is 25.3 Å². The average Bonchev–Trinajstić information content (AvgIpc) is 3.74. The van der Waals surface area contributed by atoms with Crippen LogP contribution in [0, 0.1) is 0 Å². The molecule has 3 aliphatic heterocycles. The van der Waals surface area contributed by atoms with Crippen molar-refractivity contribution in [2.45, 2.75) is 49.1 Å². The van der Waals surface area contributed by atoms with Crippen molar-refractivity contribution >= 4 is 49.4 Å². The fraction of sp³-hybridized carbons (Fsp3) is 0.524. The zero-order valence-corrected chi connectivity index (χ0v) is 24.5. The number of phosphoric acid groups is 1. The van der Waals surface area contributed by atoms with E-state index in [1.165, 1.54) is 21.8 Å². The van der Waals surface area contributed by atoms with Gasteiger partial charge in [-0.1, -0.05) is 0 Å². The Bertz CT molecular complexity index is 1840. The molecule has 3 fully saturated rings. The Morgan fingerprint density at radius 1 is 0.756 bits per heavy atom. The number of phosphoric ester groups is 1. The molecule has 0 aromatic carbocycles. The molecule has 4 bridgehead atoms. The van der Waals surface area contributed by atoms with Crippen LogP contribution in [0.25, 0.3) is 22.3 Å². The summed E-state index contributed by atoms with van der Waals surface area (Å²) in [6, 6.07) is 0. The second-order valence-electron chi connectivity index (χ2n) is 10.3. The van der Waals surface area contributed by atoms with Crippen molar-refractivity contribution in [1.82, 2.24) is 39.0 Å². The highest BCUT2D eigenvalue weighted by molar-refractivity contribution is 7.52. The molecular weight excluding hydrogens is 646 g/mol. The van der Waals surface area contributed by atoms with Crippen LogP contribution in [0.1, 0.15) is 12.5 Å². The Morgan fingerprint density at radius 3 is 1.82 bits per heavy atom. The molecule has 22 nitrogen and oxygen atoms in total. The van der Waals surface area contributed by atoms with Crippen molar-refractivity contribution in [3.05, 3.63) is 25.3 Å². The van der Waals surface area contributed by atoms with E-state index in [0.29, 0.717) is 0 Å². The lowest BCUT2D eigenvalue weighted by atomic mass is 10.1. The summed E-state index contributed by atoms with van der Waals surface area (Å²) in [6.07, 6.45) is -7.83. The zero-order valence-electron chi connectivity index (χ0n) is 22.7. The number of hydrogen-bond acceptors (Lipinski definition) is 18. The Balaban J connectivity index is 1.21. The summed E-state index contributed by atoms with van der Waals surface area (Å²) in [6.45, 7) is -1.26. The maximum Gasteiger partial charge on any atom is 0.472 e. The van der Waals surface area contributed by atoms with Crippen LogP contribution in [-0.4, -0.2) is 115 Å². The first kappa shape index (κ1) is 30.4. The number of aromatic nitrogens is 8. The van der Waals surface area contributed by atoms with Crippen molar-refractivity contribution in [1.29, 1.82) is 0 Å². The SMILES string of the molecule is Nc1ncnc2c1ncn2[C@@H]1O[C@@H]2COP(=O)(O)O[C@H]3C(O)[C@@H](COCP(=O)(O)O[C@H]1C2O)O[C@H]3n1cnc2c(N)ncnc21. The number of fused-ring (bicyclic) bond motifs is 6. The fourth-order valence-electron chi connectivity index (χ4n) is 5.36. The lowest BCUT2D eigenvalue weighted by molar-refractivity contribution is -0.0641. The largest absolute Gasteiger partial charge is 0.472 e. The average molecular weight is 672 g/mol. The second kappa shape index (κ2) is 11.2. The van der Waals surface area contributed by atoms with E-state index in [-0.39, 0.29) is 34.0 Å². The van der Waals surface area contributed by atoms with Gasteiger partial charge in [0.25, 0.3) is 0 Å². The van der Waals surface area contributed by atoms with Gasteiger partial charge >= 0.3 is 15.4 Å². The number of nitrogens with two attached hydrogens (primary N) is 2. The smallest absolute Gasteiger partial charge is 0.387 e. The summed E-state index contributed by atoms with van der Waals surface area (Å²) in [5.74, 6) is 0.0888. The molecule has 0 spiro atoms. The number of imidazole rings is 2. The molecule has 7 heterocycles. The van der Waals surface area contributed by atoms with E-state index < -0.39 is 84.1 Å². The first-order valence-electron chi connectivity index (χ1n) is 13.2.